The summed E-state index contributed by atoms with van der Waals surface area (Å²) in [5.74, 6) is 0.155. The number of aromatic nitrogens is 1. The van der Waals surface area contributed by atoms with Gasteiger partial charge in [-0.2, -0.15) is 0 Å². The number of carbonyl (C=O) groups is 1. The number of primary sulfonamides is 1. The van der Waals surface area contributed by atoms with Crippen LogP contribution in [0, 0.1) is 6.92 Å². The molecule has 3 rings (SSSR count). The largest absolute Gasteiger partial charge is 0.397 e. The van der Waals surface area contributed by atoms with Crippen LogP contribution >= 0.6 is 0 Å². The normalized spacial score (nSPS) is 12.3. The van der Waals surface area contributed by atoms with Crippen molar-refractivity contribution in [3.05, 3.63) is 59.0 Å². The number of hydrogen-bond donors (Lipinski definition) is 5. The number of unbranched alkanes of at least 4 members (excludes halogenated alkanes) is 3. The van der Waals surface area contributed by atoms with E-state index >= 15 is 0 Å². The van der Waals surface area contributed by atoms with Crippen LogP contribution in [0.3, 0.4) is 0 Å². The maximum absolute atomic E-state index is 13.1. The molecule has 2 aromatic carbocycles. The molecule has 1 unspecified atom stereocenters. The van der Waals surface area contributed by atoms with E-state index in [1.807, 2.05) is 13.0 Å². The van der Waals surface area contributed by atoms with Gasteiger partial charge in [0.2, 0.25) is 10.0 Å². The first-order chi connectivity index (χ1) is 18.1. The molecule has 0 radical (unpaired) electrons. The smallest absolute Gasteiger partial charge is 0.319 e. The van der Waals surface area contributed by atoms with E-state index in [4.69, 9.17) is 15.4 Å². The van der Waals surface area contributed by atoms with Gasteiger partial charge in [-0.25, -0.2) is 18.4 Å². The van der Waals surface area contributed by atoms with Crippen molar-refractivity contribution in [3.63, 3.8) is 0 Å². The molecule has 1 atom stereocenters. The van der Waals surface area contributed by atoms with Crippen molar-refractivity contribution in [3.8, 4) is 11.1 Å². The molecular weight excluding hydrogens is 506 g/mol. The van der Waals surface area contributed by atoms with Gasteiger partial charge >= 0.3 is 6.03 Å². The summed E-state index contributed by atoms with van der Waals surface area (Å²) >= 11 is 0. The zero-order chi connectivity index (χ0) is 27.9. The Labute approximate surface area is 223 Å². The molecule has 0 spiro atoms. The number of aliphatic hydroxyl groups is 1. The number of nitrogens with two attached hydrogens (primary N) is 2. The molecule has 2 amide bonds. The highest BCUT2D eigenvalue weighted by Crippen LogP contribution is 2.44. The topological polar surface area (TPSA) is 174 Å². The molecule has 0 aliphatic rings. The van der Waals surface area contributed by atoms with Gasteiger partial charge in [0.1, 0.15) is 6.10 Å². The van der Waals surface area contributed by atoms with Crippen molar-refractivity contribution in [1.82, 2.24) is 10.5 Å². The van der Waals surface area contributed by atoms with E-state index < -0.39 is 22.2 Å². The molecule has 0 saturated carbocycles. The van der Waals surface area contributed by atoms with Crippen LogP contribution in [0.25, 0.3) is 11.1 Å². The lowest BCUT2D eigenvalue weighted by atomic mass is 9.90. The number of aliphatic hydroxyl groups excluding tert-OH is 1. The first-order valence-corrected chi connectivity index (χ1v) is 14.3. The Balaban J connectivity index is 2.17. The number of amides is 2. The zero-order valence-corrected chi connectivity index (χ0v) is 22.9. The second-order valence-electron chi connectivity index (χ2n) is 9.25. The zero-order valence-electron chi connectivity index (χ0n) is 22.1. The standard InChI is InChI=1S/C27H37N5O5S/c1-4-6-7-11-14-30-27(34)31-25-19(5-2)23(18-12-9-8-10-13-18)26(38(29,35)36)20(24(25)28)16-21(33)22-15-17(3)32-37-22/h8-10,12-13,15,21,33H,4-7,11,14,16,28H2,1-3H3,(H2,29,35,36)(H2,30,31,34). The van der Waals surface area contributed by atoms with Crippen LogP contribution in [0.4, 0.5) is 16.2 Å². The molecule has 0 aliphatic carbocycles. The molecule has 206 valence electrons. The van der Waals surface area contributed by atoms with E-state index in [9.17, 15) is 18.3 Å². The fourth-order valence-electron chi connectivity index (χ4n) is 4.52. The average molecular weight is 544 g/mol. The molecule has 11 heteroatoms. The first-order valence-electron chi connectivity index (χ1n) is 12.8. The van der Waals surface area contributed by atoms with Crippen molar-refractivity contribution in [2.75, 3.05) is 17.6 Å². The highest BCUT2D eigenvalue weighted by Gasteiger charge is 2.31. The van der Waals surface area contributed by atoms with Crippen LogP contribution in [-0.4, -0.2) is 31.3 Å². The molecule has 0 fully saturated rings. The fourth-order valence-corrected chi connectivity index (χ4v) is 5.58. The molecule has 0 saturated heterocycles. The Kier molecular flexibility index (Phi) is 9.90. The lowest BCUT2D eigenvalue weighted by molar-refractivity contribution is 0.139. The third-order valence-electron chi connectivity index (χ3n) is 6.33. The number of nitrogens with zero attached hydrogens (tertiary/aromatic N) is 1. The van der Waals surface area contributed by atoms with Crippen LogP contribution < -0.4 is 21.5 Å². The van der Waals surface area contributed by atoms with Crippen molar-refractivity contribution in [2.24, 2.45) is 5.14 Å². The Morgan fingerprint density at radius 1 is 1.13 bits per heavy atom. The quantitative estimate of drug-likeness (QED) is 0.166. The molecule has 10 nitrogen and oxygen atoms in total. The monoisotopic (exact) mass is 543 g/mol. The summed E-state index contributed by atoms with van der Waals surface area (Å²) in [5.41, 5.74) is 8.94. The first kappa shape index (κ1) is 29.2. The third-order valence-corrected chi connectivity index (χ3v) is 7.35. The third kappa shape index (κ3) is 6.91. The van der Waals surface area contributed by atoms with Crippen LogP contribution in [-0.2, 0) is 22.9 Å². The summed E-state index contributed by atoms with van der Waals surface area (Å²) in [6, 6.07) is 9.99. The maximum atomic E-state index is 13.1. The van der Waals surface area contributed by atoms with Gasteiger partial charge in [-0.15, -0.1) is 0 Å². The highest BCUT2D eigenvalue weighted by molar-refractivity contribution is 7.89. The van der Waals surface area contributed by atoms with Gasteiger partial charge in [0.05, 0.1) is 22.0 Å². The Bertz CT molecular complexity index is 1360. The van der Waals surface area contributed by atoms with E-state index in [0.717, 1.165) is 25.7 Å². The van der Waals surface area contributed by atoms with Gasteiger partial charge in [0, 0.05) is 30.2 Å². The number of sulfonamides is 1. The molecule has 1 aromatic heterocycles. The summed E-state index contributed by atoms with van der Waals surface area (Å²) in [4.78, 5) is 12.7. The van der Waals surface area contributed by atoms with Gasteiger partial charge < -0.3 is 26.0 Å². The summed E-state index contributed by atoms with van der Waals surface area (Å²) in [6.07, 6.45) is 2.88. The summed E-state index contributed by atoms with van der Waals surface area (Å²) < 4.78 is 31.3. The van der Waals surface area contributed by atoms with Crippen LogP contribution in [0.1, 0.15) is 68.2 Å². The second kappa shape index (κ2) is 12.9. The lowest BCUT2D eigenvalue weighted by Gasteiger charge is -2.25. The number of nitrogens with one attached hydrogen (secondary N) is 2. The molecular formula is C27H37N5O5S. The van der Waals surface area contributed by atoms with E-state index in [0.29, 0.717) is 35.3 Å². The average Bonchev–Trinajstić information content (AvgIpc) is 3.32. The molecule has 0 aliphatic heterocycles. The van der Waals surface area contributed by atoms with E-state index in [2.05, 4.69) is 22.7 Å². The van der Waals surface area contributed by atoms with Gasteiger partial charge in [0.25, 0.3) is 0 Å². The molecule has 1 heterocycles. The summed E-state index contributed by atoms with van der Waals surface area (Å²) in [5, 5.41) is 26.2. The van der Waals surface area contributed by atoms with Gasteiger partial charge in [-0.3, -0.25) is 0 Å². The number of benzene rings is 2. The van der Waals surface area contributed by atoms with Gasteiger partial charge in [0.15, 0.2) is 5.76 Å². The number of anilines is 2. The van der Waals surface area contributed by atoms with Crippen molar-refractivity contribution in [2.45, 2.75) is 70.3 Å². The van der Waals surface area contributed by atoms with E-state index in [-0.39, 0.29) is 34.0 Å². The fraction of sp³-hybridized carbons (Fsp3) is 0.407. The SMILES string of the molecule is CCCCCCNC(=O)Nc1c(N)c(CC(O)c2cc(C)no2)c(S(N)(=O)=O)c(-c2ccccc2)c1CC. The maximum Gasteiger partial charge on any atom is 0.319 e. The molecule has 7 N–H and O–H groups in total. The number of carbonyl (C=O) groups excluding carboxylic acids is 1. The van der Waals surface area contributed by atoms with E-state index in [1.54, 1.807) is 37.3 Å². The predicted molar refractivity (Wildman–Crippen MR) is 148 cm³/mol. The number of aryl methyl sites for hydroxylation is 1. The summed E-state index contributed by atoms with van der Waals surface area (Å²) in [6.45, 7) is 6.15. The Morgan fingerprint density at radius 2 is 1.84 bits per heavy atom. The van der Waals surface area contributed by atoms with Crippen LogP contribution in [0.15, 0.2) is 45.8 Å². The Hall–Kier alpha value is -3.41. The number of nitrogen functional groups attached to an aromatic ring is 1. The second-order valence-corrected chi connectivity index (χ2v) is 10.7. The van der Waals surface area contributed by atoms with Gasteiger partial charge in [-0.1, -0.05) is 68.6 Å². The molecule has 0 bridgehead atoms. The minimum absolute atomic E-state index is 0.0157. The lowest BCUT2D eigenvalue weighted by Crippen LogP contribution is -2.31. The minimum atomic E-state index is -4.32. The summed E-state index contributed by atoms with van der Waals surface area (Å²) in [7, 11) is -4.32. The predicted octanol–water partition coefficient (Wildman–Crippen LogP) is 4.42. The number of rotatable bonds is 12. The van der Waals surface area contributed by atoms with Crippen molar-refractivity contribution < 1.29 is 22.8 Å². The molecule has 38 heavy (non-hydrogen) atoms. The van der Waals surface area contributed by atoms with Crippen LogP contribution in [0.2, 0.25) is 0 Å². The minimum Gasteiger partial charge on any atom is -0.397 e. The van der Waals surface area contributed by atoms with Gasteiger partial charge in [-0.05, 0) is 30.9 Å². The molecule has 3 aromatic rings. The number of urea groups is 1. The van der Waals surface area contributed by atoms with E-state index in [1.165, 1.54) is 0 Å². The van der Waals surface area contributed by atoms with Crippen LogP contribution in [0.5, 0.6) is 0 Å². The highest BCUT2D eigenvalue weighted by atomic mass is 32.2. The van der Waals surface area contributed by atoms with Crippen molar-refractivity contribution in [1.29, 1.82) is 0 Å². The van der Waals surface area contributed by atoms with Crippen molar-refractivity contribution >= 4 is 27.4 Å². The Morgan fingerprint density at radius 3 is 2.42 bits per heavy atom. The number of hydrogen-bond acceptors (Lipinski definition) is 7.